The number of carboxylic acid groups (broad SMARTS) is 1. The zero-order valence-corrected chi connectivity index (χ0v) is 13.8. The van der Waals surface area contributed by atoms with Crippen molar-refractivity contribution in [3.8, 4) is 22.8 Å². The van der Waals surface area contributed by atoms with Crippen molar-refractivity contribution in [2.75, 3.05) is 0 Å². The number of aromatic nitrogens is 4. The van der Waals surface area contributed by atoms with Crippen LogP contribution < -0.4 is 0 Å². The molecule has 1 aromatic carbocycles. The predicted octanol–water partition coefficient (Wildman–Crippen LogP) is 3.47. The maximum absolute atomic E-state index is 11.1. The standard InChI is InChI=1S/C18H20N4O2/c1-3-21-10-9-19-18(21)17-16(14-7-5-4-6-8-14)20-12-22(17)13(2)11-15(23)24/h4-10,12-13H,3,11H2,1-2H3,(H,23,24). The highest BCUT2D eigenvalue weighted by atomic mass is 16.4. The number of imidazole rings is 2. The highest BCUT2D eigenvalue weighted by molar-refractivity contribution is 5.76. The Kier molecular flexibility index (Phi) is 4.46. The molecular formula is C18H20N4O2. The summed E-state index contributed by atoms with van der Waals surface area (Å²) in [4.78, 5) is 20.2. The van der Waals surface area contributed by atoms with Crippen LogP contribution in [0.15, 0.2) is 49.1 Å². The number of carbonyl (C=O) groups is 1. The van der Waals surface area contributed by atoms with Gasteiger partial charge in [-0.25, -0.2) is 9.97 Å². The van der Waals surface area contributed by atoms with Gasteiger partial charge in [0.15, 0.2) is 5.82 Å². The third-order valence-electron chi connectivity index (χ3n) is 4.05. The Morgan fingerprint density at radius 1 is 1.25 bits per heavy atom. The van der Waals surface area contributed by atoms with Crippen molar-refractivity contribution in [2.24, 2.45) is 0 Å². The number of benzene rings is 1. The van der Waals surface area contributed by atoms with Crippen LogP contribution in [0.1, 0.15) is 26.3 Å². The van der Waals surface area contributed by atoms with Gasteiger partial charge >= 0.3 is 5.97 Å². The fraction of sp³-hybridized carbons (Fsp3) is 0.278. The molecule has 0 aliphatic heterocycles. The lowest BCUT2D eigenvalue weighted by Gasteiger charge is -2.16. The lowest BCUT2D eigenvalue weighted by atomic mass is 10.1. The normalized spacial score (nSPS) is 12.2. The summed E-state index contributed by atoms with van der Waals surface area (Å²) in [7, 11) is 0. The maximum atomic E-state index is 11.1. The van der Waals surface area contributed by atoms with Crippen LogP contribution in [0, 0.1) is 0 Å². The van der Waals surface area contributed by atoms with E-state index in [0.29, 0.717) is 0 Å². The third kappa shape index (κ3) is 2.95. The van der Waals surface area contributed by atoms with Crippen LogP contribution in [0.3, 0.4) is 0 Å². The van der Waals surface area contributed by atoms with Crippen LogP contribution in [0.2, 0.25) is 0 Å². The smallest absolute Gasteiger partial charge is 0.305 e. The van der Waals surface area contributed by atoms with Crippen molar-refractivity contribution in [2.45, 2.75) is 32.9 Å². The van der Waals surface area contributed by atoms with Gasteiger partial charge in [-0.3, -0.25) is 4.79 Å². The second-order valence-electron chi connectivity index (χ2n) is 5.70. The number of nitrogens with zero attached hydrogens (tertiary/aromatic N) is 4. The van der Waals surface area contributed by atoms with Crippen molar-refractivity contribution >= 4 is 5.97 Å². The minimum atomic E-state index is -0.831. The van der Waals surface area contributed by atoms with E-state index in [4.69, 9.17) is 5.11 Å². The monoisotopic (exact) mass is 324 g/mol. The molecule has 1 atom stereocenters. The first-order chi connectivity index (χ1) is 11.6. The molecule has 124 valence electrons. The van der Waals surface area contributed by atoms with Gasteiger partial charge in [-0.05, 0) is 13.8 Å². The first kappa shape index (κ1) is 16.0. The Bertz CT molecular complexity index is 836. The van der Waals surface area contributed by atoms with Crippen LogP contribution in [0.25, 0.3) is 22.8 Å². The average Bonchev–Trinajstić information content (AvgIpc) is 3.20. The van der Waals surface area contributed by atoms with Crippen molar-refractivity contribution in [1.82, 2.24) is 19.1 Å². The van der Waals surface area contributed by atoms with Gasteiger partial charge in [-0.15, -0.1) is 0 Å². The molecule has 24 heavy (non-hydrogen) atoms. The minimum Gasteiger partial charge on any atom is -0.481 e. The highest BCUT2D eigenvalue weighted by Gasteiger charge is 2.22. The first-order valence-electron chi connectivity index (χ1n) is 7.97. The Hall–Kier alpha value is -2.89. The fourth-order valence-electron chi connectivity index (χ4n) is 2.86. The van der Waals surface area contributed by atoms with Crippen LogP contribution in [0.4, 0.5) is 0 Å². The van der Waals surface area contributed by atoms with Crippen LogP contribution >= 0.6 is 0 Å². The van der Waals surface area contributed by atoms with Crippen LogP contribution in [-0.2, 0) is 11.3 Å². The van der Waals surface area contributed by atoms with Crippen LogP contribution in [-0.4, -0.2) is 30.2 Å². The van der Waals surface area contributed by atoms with Gasteiger partial charge in [0.05, 0.1) is 18.4 Å². The second kappa shape index (κ2) is 6.70. The molecule has 0 bridgehead atoms. The topological polar surface area (TPSA) is 72.9 Å². The number of aliphatic carboxylic acids is 1. The Morgan fingerprint density at radius 2 is 2.00 bits per heavy atom. The molecule has 0 spiro atoms. The lowest BCUT2D eigenvalue weighted by molar-refractivity contribution is -0.137. The molecule has 1 unspecified atom stereocenters. The van der Waals surface area contributed by atoms with E-state index >= 15 is 0 Å². The molecule has 0 radical (unpaired) electrons. The zero-order chi connectivity index (χ0) is 17.1. The molecular weight excluding hydrogens is 304 g/mol. The van der Waals surface area contributed by atoms with E-state index < -0.39 is 5.97 Å². The third-order valence-corrected chi connectivity index (χ3v) is 4.05. The van der Waals surface area contributed by atoms with Gasteiger partial charge < -0.3 is 14.2 Å². The number of hydrogen-bond donors (Lipinski definition) is 1. The summed E-state index contributed by atoms with van der Waals surface area (Å²) < 4.78 is 3.94. The summed E-state index contributed by atoms with van der Waals surface area (Å²) in [6, 6.07) is 9.66. The fourth-order valence-corrected chi connectivity index (χ4v) is 2.86. The molecule has 2 heterocycles. The molecule has 3 aromatic rings. The summed E-state index contributed by atoms with van der Waals surface area (Å²) in [6.45, 7) is 4.71. The molecule has 0 amide bonds. The van der Waals surface area contributed by atoms with Crippen molar-refractivity contribution in [3.05, 3.63) is 49.1 Å². The largest absolute Gasteiger partial charge is 0.481 e. The van der Waals surface area contributed by atoms with Crippen LogP contribution in [0.5, 0.6) is 0 Å². The number of aryl methyl sites for hydroxylation is 1. The Morgan fingerprint density at radius 3 is 2.67 bits per heavy atom. The minimum absolute atomic E-state index is 0.0322. The number of hydrogen-bond acceptors (Lipinski definition) is 3. The summed E-state index contributed by atoms with van der Waals surface area (Å²) >= 11 is 0. The van der Waals surface area contributed by atoms with Crippen molar-refractivity contribution in [3.63, 3.8) is 0 Å². The number of carboxylic acids is 1. The summed E-state index contributed by atoms with van der Waals surface area (Å²) in [5.74, 6) is -0.0339. The Labute approximate surface area is 140 Å². The zero-order valence-electron chi connectivity index (χ0n) is 13.8. The lowest BCUT2D eigenvalue weighted by Crippen LogP contribution is -2.12. The van der Waals surface area contributed by atoms with E-state index in [1.54, 1.807) is 12.5 Å². The van der Waals surface area contributed by atoms with E-state index in [9.17, 15) is 4.79 Å². The average molecular weight is 324 g/mol. The molecule has 0 aliphatic rings. The molecule has 0 saturated heterocycles. The molecule has 2 aromatic heterocycles. The molecule has 0 saturated carbocycles. The van der Waals surface area contributed by atoms with Gasteiger partial charge in [0.1, 0.15) is 5.69 Å². The Balaban J connectivity index is 2.18. The van der Waals surface area contributed by atoms with Crippen molar-refractivity contribution in [1.29, 1.82) is 0 Å². The molecule has 6 nitrogen and oxygen atoms in total. The maximum Gasteiger partial charge on any atom is 0.305 e. The molecule has 1 N–H and O–H groups in total. The van der Waals surface area contributed by atoms with Gasteiger partial charge in [0.25, 0.3) is 0 Å². The predicted molar refractivity (Wildman–Crippen MR) is 91.5 cm³/mol. The van der Waals surface area contributed by atoms with Crippen molar-refractivity contribution < 1.29 is 9.90 Å². The second-order valence-corrected chi connectivity index (χ2v) is 5.70. The SMILES string of the molecule is CCn1ccnc1-c1c(-c2ccccc2)ncn1C(C)CC(=O)O. The van der Waals surface area contributed by atoms with E-state index in [2.05, 4.69) is 16.9 Å². The van der Waals surface area contributed by atoms with Gasteiger partial charge in [-0.2, -0.15) is 0 Å². The summed E-state index contributed by atoms with van der Waals surface area (Å²) in [5, 5.41) is 9.14. The van der Waals surface area contributed by atoms with Gasteiger partial charge in [0.2, 0.25) is 0 Å². The molecule has 0 aliphatic carbocycles. The highest BCUT2D eigenvalue weighted by Crippen LogP contribution is 2.33. The number of rotatable bonds is 6. The molecule has 6 heteroatoms. The summed E-state index contributed by atoms with van der Waals surface area (Å²) in [6.07, 6.45) is 5.42. The van der Waals surface area contributed by atoms with E-state index in [0.717, 1.165) is 29.3 Å². The summed E-state index contributed by atoms with van der Waals surface area (Å²) in [5.41, 5.74) is 2.65. The van der Waals surface area contributed by atoms with E-state index in [1.165, 1.54) is 0 Å². The van der Waals surface area contributed by atoms with E-state index in [1.807, 2.05) is 52.6 Å². The van der Waals surface area contributed by atoms with E-state index in [-0.39, 0.29) is 12.5 Å². The molecule has 0 fully saturated rings. The van der Waals surface area contributed by atoms with Gasteiger partial charge in [-0.1, -0.05) is 30.3 Å². The molecule has 3 rings (SSSR count). The first-order valence-corrected chi connectivity index (χ1v) is 7.97. The van der Waals surface area contributed by atoms with Gasteiger partial charge in [0, 0.05) is 30.5 Å². The quantitative estimate of drug-likeness (QED) is 0.753.